The molecule has 37 heavy (non-hydrogen) atoms. The van der Waals surface area contributed by atoms with Gasteiger partial charge in [-0.1, -0.05) is 42.3 Å². The quantitative estimate of drug-likeness (QED) is 0.369. The summed E-state index contributed by atoms with van der Waals surface area (Å²) in [6.07, 6.45) is 2.15. The number of benzene rings is 2. The predicted octanol–water partition coefficient (Wildman–Crippen LogP) is 4.88. The number of halogens is 2. The number of amides is 2. The van der Waals surface area contributed by atoms with E-state index in [1.165, 1.54) is 22.4 Å². The van der Waals surface area contributed by atoms with Gasteiger partial charge < -0.3 is 15.0 Å². The largest absolute Gasteiger partial charge is 0.495 e. The summed E-state index contributed by atoms with van der Waals surface area (Å²) >= 11 is 12.2. The first-order chi connectivity index (χ1) is 17.4. The molecule has 2 amide bonds. The summed E-state index contributed by atoms with van der Waals surface area (Å²) in [5.41, 5.74) is 1.20. The third-order valence-corrected chi connectivity index (χ3v) is 7.75. The van der Waals surface area contributed by atoms with E-state index in [1.54, 1.807) is 43.3 Å². The highest BCUT2D eigenvalue weighted by Gasteiger charge is 2.27. The van der Waals surface area contributed by atoms with Crippen LogP contribution >= 0.6 is 23.2 Å². The molecule has 2 atom stereocenters. The monoisotopic (exact) mass is 571 g/mol. The van der Waals surface area contributed by atoms with Gasteiger partial charge in [-0.25, -0.2) is 8.42 Å². The van der Waals surface area contributed by atoms with Gasteiger partial charge in [-0.05, 0) is 62.6 Å². The Hall–Kier alpha value is -2.49. The Morgan fingerprint density at radius 2 is 1.73 bits per heavy atom. The van der Waals surface area contributed by atoms with Crippen LogP contribution in [0.1, 0.15) is 45.6 Å². The molecule has 8 nitrogen and oxygen atoms in total. The van der Waals surface area contributed by atoms with Crippen molar-refractivity contribution in [1.82, 2.24) is 10.2 Å². The Morgan fingerprint density at radius 1 is 1.08 bits per heavy atom. The van der Waals surface area contributed by atoms with Crippen molar-refractivity contribution < 1.29 is 22.7 Å². The fourth-order valence-corrected chi connectivity index (χ4v) is 4.98. The van der Waals surface area contributed by atoms with Crippen LogP contribution in [0.3, 0.4) is 0 Å². The molecule has 0 unspecified atom stereocenters. The summed E-state index contributed by atoms with van der Waals surface area (Å²) < 4.78 is 31.3. The molecule has 0 aliphatic heterocycles. The van der Waals surface area contributed by atoms with Gasteiger partial charge in [0, 0.05) is 30.6 Å². The number of nitrogens with one attached hydrogen (secondary N) is 1. The van der Waals surface area contributed by atoms with Gasteiger partial charge in [0.25, 0.3) is 0 Å². The fourth-order valence-electron chi connectivity index (χ4n) is 3.65. The molecule has 1 N–H and O–H groups in total. The third-order valence-electron chi connectivity index (χ3n) is 6.01. The molecule has 0 aromatic heterocycles. The van der Waals surface area contributed by atoms with E-state index in [1.807, 2.05) is 13.8 Å². The molecule has 0 aliphatic rings. The summed E-state index contributed by atoms with van der Waals surface area (Å²) in [6.45, 7) is 5.84. The summed E-state index contributed by atoms with van der Waals surface area (Å²) in [5.74, 6) is -0.0817. The molecule has 0 saturated heterocycles. The van der Waals surface area contributed by atoms with Crippen molar-refractivity contribution in [3.63, 3.8) is 0 Å². The zero-order valence-corrected chi connectivity index (χ0v) is 24.2. The first-order valence-electron chi connectivity index (χ1n) is 12.0. The second kappa shape index (κ2) is 13.9. The second-order valence-corrected chi connectivity index (χ2v) is 11.6. The number of hydrogen-bond acceptors (Lipinski definition) is 5. The number of sulfonamides is 1. The van der Waals surface area contributed by atoms with Gasteiger partial charge in [-0.3, -0.25) is 13.9 Å². The van der Waals surface area contributed by atoms with Crippen molar-refractivity contribution in [2.75, 3.05) is 24.2 Å². The Kier molecular flexibility index (Phi) is 11.5. The highest BCUT2D eigenvalue weighted by molar-refractivity contribution is 7.92. The standard InChI is InChI=1S/C26H35Cl2N3O5S/c1-6-18(2)29-26(33)19(3)30(17-20-9-11-21(27)12-10-20)25(32)8-7-15-31(37(5,34)35)22-13-14-24(36-4)23(28)16-22/h9-14,16,18-19H,6-8,15,17H2,1-5H3,(H,29,33)/t18-,19-/m0/s1. The average molecular weight is 573 g/mol. The van der Waals surface area contributed by atoms with Gasteiger partial charge in [0.2, 0.25) is 21.8 Å². The smallest absolute Gasteiger partial charge is 0.242 e. The molecular formula is C26H35Cl2N3O5S. The van der Waals surface area contributed by atoms with Crippen LogP contribution in [0.4, 0.5) is 5.69 Å². The van der Waals surface area contributed by atoms with Gasteiger partial charge in [0.15, 0.2) is 0 Å². The molecule has 2 aromatic carbocycles. The highest BCUT2D eigenvalue weighted by atomic mass is 35.5. The maximum absolute atomic E-state index is 13.3. The number of rotatable bonds is 13. The molecule has 0 fully saturated rings. The Labute approximate surface area is 229 Å². The lowest BCUT2D eigenvalue weighted by molar-refractivity contribution is -0.140. The highest BCUT2D eigenvalue weighted by Crippen LogP contribution is 2.30. The van der Waals surface area contributed by atoms with Crippen molar-refractivity contribution in [3.8, 4) is 5.75 Å². The van der Waals surface area contributed by atoms with Crippen LogP contribution < -0.4 is 14.4 Å². The zero-order chi connectivity index (χ0) is 27.8. The normalized spacial score (nSPS) is 12.9. The molecule has 0 bridgehead atoms. The van der Waals surface area contributed by atoms with Crippen LogP contribution in [0.2, 0.25) is 10.0 Å². The second-order valence-electron chi connectivity index (χ2n) is 8.90. The molecular weight excluding hydrogens is 537 g/mol. The SMILES string of the molecule is CC[C@H](C)NC(=O)[C@H](C)N(Cc1ccc(Cl)cc1)C(=O)CCCN(c1ccc(OC)c(Cl)c1)S(C)(=O)=O. The molecule has 0 heterocycles. The lowest BCUT2D eigenvalue weighted by atomic mass is 10.1. The zero-order valence-electron chi connectivity index (χ0n) is 21.8. The van der Waals surface area contributed by atoms with E-state index in [0.29, 0.717) is 16.5 Å². The minimum Gasteiger partial charge on any atom is -0.495 e. The Balaban J connectivity index is 2.19. The summed E-state index contributed by atoms with van der Waals surface area (Å²) in [6, 6.07) is 11.0. The number of carbonyl (C=O) groups excluding carboxylic acids is 2. The third kappa shape index (κ3) is 9.09. The fraction of sp³-hybridized carbons (Fsp3) is 0.462. The average Bonchev–Trinajstić information content (AvgIpc) is 2.84. The van der Waals surface area contributed by atoms with Gasteiger partial charge in [0.05, 0.1) is 24.1 Å². The number of methoxy groups -OCH3 is 1. The van der Waals surface area contributed by atoms with Crippen molar-refractivity contribution in [1.29, 1.82) is 0 Å². The van der Waals surface area contributed by atoms with Crippen molar-refractivity contribution in [2.24, 2.45) is 0 Å². The molecule has 2 aromatic rings. The summed E-state index contributed by atoms with van der Waals surface area (Å²) in [7, 11) is -2.17. The van der Waals surface area contributed by atoms with E-state index in [-0.39, 0.29) is 48.8 Å². The topological polar surface area (TPSA) is 96.0 Å². The van der Waals surface area contributed by atoms with Crippen LogP contribution in [-0.2, 0) is 26.2 Å². The summed E-state index contributed by atoms with van der Waals surface area (Å²) in [5, 5.41) is 3.78. The minimum atomic E-state index is -3.64. The lowest BCUT2D eigenvalue weighted by Gasteiger charge is -2.30. The van der Waals surface area contributed by atoms with E-state index in [0.717, 1.165) is 18.2 Å². The molecule has 2 rings (SSSR count). The number of ether oxygens (including phenoxy) is 1. The lowest BCUT2D eigenvalue weighted by Crippen LogP contribution is -2.49. The first kappa shape index (κ1) is 30.7. The first-order valence-corrected chi connectivity index (χ1v) is 14.6. The number of anilines is 1. The van der Waals surface area contributed by atoms with Gasteiger partial charge >= 0.3 is 0 Å². The molecule has 0 radical (unpaired) electrons. The van der Waals surface area contributed by atoms with Crippen LogP contribution in [0, 0.1) is 0 Å². The maximum Gasteiger partial charge on any atom is 0.242 e. The van der Waals surface area contributed by atoms with Crippen LogP contribution in [0.5, 0.6) is 5.75 Å². The Bertz CT molecular complexity index is 1180. The van der Waals surface area contributed by atoms with Crippen LogP contribution in [0.15, 0.2) is 42.5 Å². The number of hydrogen-bond donors (Lipinski definition) is 1. The van der Waals surface area contributed by atoms with Crippen LogP contribution in [0.25, 0.3) is 0 Å². The predicted molar refractivity (Wildman–Crippen MR) is 149 cm³/mol. The maximum atomic E-state index is 13.3. The van der Waals surface area contributed by atoms with E-state index in [9.17, 15) is 18.0 Å². The van der Waals surface area contributed by atoms with Crippen molar-refractivity contribution in [2.45, 2.75) is 58.7 Å². The molecule has 0 saturated carbocycles. The van der Waals surface area contributed by atoms with Crippen molar-refractivity contribution >= 4 is 50.7 Å². The summed E-state index contributed by atoms with van der Waals surface area (Å²) in [4.78, 5) is 27.7. The molecule has 0 spiro atoms. The molecule has 204 valence electrons. The minimum absolute atomic E-state index is 0.0259. The van der Waals surface area contributed by atoms with E-state index in [4.69, 9.17) is 27.9 Å². The number of carbonyl (C=O) groups is 2. The van der Waals surface area contributed by atoms with E-state index < -0.39 is 16.1 Å². The van der Waals surface area contributed by atoms with Gasteiger partial charge in [-0.2, -0.15) is 0 Å². The molecule has 11 heteroatoms. The Morgan fingerprint density at radius 3 is 2.27 bits per heavy atom. The van der Waals surface area contributed by atoms with Gasteiger partial charge in [-0.15, -0.1) is 0 Å². The van der Waals surface area contributed by atoms with Crippen molar-refractivity contribution in [3.05, 3.63) is 58.1 Å². The molecule has 0 aliphatic carbocycles. The number of nitrogens with zero attached hydrogens (tertiary/aromatic N) is 2. The van der Waals surface area contributed by atoms with Gasteiger partial charge in [0.1, 0.15) is 11.8 Å². The van der Waals surface area contributed by atoms with Crippen LogP contribution in [-0.4, -0.2) is 57.1 Å². The van der Waals surface area contributed by atoms with E-state index in [2.05, 4.69) is 5.32 Å². The van der Waals surface area contributed by atoms with E-state index >= 15 is 0 Å².